The highest BCUT2D eigenvalue weighted by molar-refractivity contribution is 5.45. The largest absolute Gasteiger partial charge is 0.0916 e. The fraction of sp³-hybridized carbons (Fsp3) is 0.500. The van der Waals surface area contributed by atoms with Gasteiger partial charge in [0.1, 0.15) is 0 Å². The van der Waals surface area contributed by atoms with Gasteiger partial charge in [-0.25, -0.2) is 0 Å². The monoisotopic (exact) mass is 216 g/mol. The molecule has 0 heteroatoms. The average Bonchev–Trinajstić information content (AvgIpc) is 2.24. The zero-order chi connectivity index (χ0) is 12.3. The third-order valence-corrected chi connectivity index (χ3v) is 3.64. The van der Waals surface area contributed by atoms with Crippen LogP contribution < -0.4 is 0 Å². The summed E-state index contributed by atoms with van der Waals surface area (Å²) in [7, 11) is 0. The minimum atomic E-state index is 0.620. The van der Waals surface area contributed by atoms with Gasteiger partial charge in [-0.2, -0.15) is 0 Å². The van der Waals surface area contributed by atoms with Gasteiger partial charge in [0.2, 0.25) is 0 Å². The van der Waals surface area contributed by atoms with E-state index >= 15 is 0 Å². The fourth-order valence-corrected chi connectivity index (χ4v) is 2.44. The van der Waals surface area contributed by atoms with Gasteiger partial charge in [-0.1, -0.05) is 25.1 Å². The zero-order valence-electron chi connectivity index (χ0n) is 11.5. The SMILES string of the molecule is C/C=C\CC(C)c1c(C)c(C)cc(C)c1C. The van der Waals surface area contributed by atoms with Crippen LogP contribution in [0.4, 0.5) is 0 Å². The molecule has 0 aliphatic heterocycles. The van der Waals surface area contributed by atoms with Crippen molar-refractivity contribution in [2.45, 2.75) is 53.9 Å². The Morgan fingerprint density at radius 1 is 1.06 bits per heavy atom. The van der Waals surface area contributed by atoms with Gasteiger partial charge in [-0.3, -0.25) is 0 Å². The summed E-state index contributed by atoms with van der Waals surface area (Å²) in [5, 5.41) is 0. The van der Waals surface area contributed by atoms with Gasteiger partial charge >= 0.3 is 0 Å². The molecule has 0 saturated carbocycles. The molecule has 88 valence electrons. The second-order valence-corrected chi connectivity index (χ2v) is 4.88. The summed E-state index contributed by atoms with van der Waals surface area (Å²) in [6.45, 7) is 13.4. The van der Waals surface area contributed by atoms with Gasteiger partial charge < -0.3 is 0 Å². The molecule has 0 aliphatic rings. The number of hydrogen-bond donors (Lipinski definition) is 0. The molecule has 1 atom stereocenters. The van der Waals surface area contributed by atoms with Crippen LogP contribution in [0.5, 0.6) is 0 Å². The Bertz CT molecular complexity index is 371. The Labute approximate surface area is 100 Å². The van der Waals surface area contributed by atoms with Crippen molar-refractivity contribution < 1.29 is 0 Å². The predicted molar refractivity (Wildman–Crippen MR) is 73.2 cm³/mol. The van der Waals surface area contributed by atoms with Crippen LogP contribution in [-0.4, -0.2) is 0 Å². The summed E-state index contributed by atoms with van der Waals surface area (Å²) in [6, 6.07) is 2.30. The maximum Gasteiger partial charge on any atom is -0.0150 e. The van der Waals surface area contributed by atoms with Crippen molar-refractivity contribution in [3.8, 4) is 0 Å². The van der Waals surface area contributed by atoms with Gasteiger partial charge in [-0.05, 0) is 74.8 Å². The number of benzene rings is 1. The molecule has 1 rings (SSSR count). The van der Waals surface area contributed by atoms with Crippen molar-refractivity contribution >= 4 is 0 Å². The van der Waals surface area contributed by atoms with Crippen LogP contribution in [0.1, 0.15) is 54.0 Å². The molecule has 1 aromatic carbocycles. The van der Waals surface area contributed by atoms with Crippen LogP contribution in [0.15, 0.2) is 18.2 Å². The molecule has 0 fully saturated rings. The lowest BCUT2D eigenvalue weighted by atomic mass is 9.85. The summed E-state index contributed by atoms with van der Waals surface area (Å²) in [6.07, 6.45) is 5.55. The van der Waals surface area contributed by atoms with E-state index in [4.69, 9.17) is 0 Å². The Hall–Kier alpha value is -1.04. The highest BCUT2D eigenvalue weighted by Gasteiger charge is 2.13. The molecule has 0 saturated heterocycles. The molecule has 16 heavy (non-hydrogen) atoms. The average molecular weight is 216 g/mol. The quantitative estimate of drug-likeness (QED) is 0.624. The van der Waals surface area contributed by atoms with E-state index in [2.05, 4.69) is 59.8 Å². The Balaban J connectivity index is 3.20. The van der Waals surface area contributed by atoms with Crippen molar-refractivity contribution in [2.24, 2.45) is 0 Å². The van der Waals surface area contributed by atoms with Crippen LogP contribution in [0.3, 0.4) is 0 Å². The topological polar surface area (TPSA) is 0 Å². The van der Waals surface area contributed by atoms with E-state index in [1.165, 1.54) is 22.3 Å². The normalized spacial score (nSPS) is 13.4. The van der Waals surface area contributed by atoms with Crippen LogP contribution in [0, 0.1) is 27.7 Å². The summed E-state index contributed by atoms with van der Waals surface area (Å²) in [5.41, 5.74) is 7.34. The minimum Gasteiger partial charge on any atom is -0.0916 e. The van der Waals surface area contributed by atoms with Crippen molar-refractivity contribution in [1.82, 2.24) is 0 Å². The first-order valence-corrected chi connectivity index (χ1v) is 6.17. The van der Waals surface area contributed by atoms with Gasteiger partial charge in [-0.15, -0.1) is 0 Å². The summed E-state index contributed by atoms with van der Waals surface area (Å²) < 4.78 is 0. The third kappa shape index (κ3) is 2.55. The fourth-order valence-electron chi connectivity index (χ4n) is 2.44. The maximum absolute atomic E-state index is 2.33. The number of allylic oxidation sites excluding steroid dienone is 2. The highest BCUT2D eigenvalue weighted by atomic mass is 14.2. The molecule has 0 amide bonds. The van der Waals surface area contributed by atoms with Crippen molar-refractivity contribution in [3.05, 3.63) is 46.0 Å². The maximum atomic E-state index is 2.33. The molecule has 0 aliphatic carbocycles. The van der Waals surface area contributed by atoms with Crippen LogP contribution in [0.2, 0.25) is 0 Å². The van der Waals surface area contributed by atoms with Crippen LogP contribution in [0.25, 0.3) is 0 Å². The van der Waals surface area contributed by atoms with E-state index in [0.717, 1.165) is 6.42 Å². The molecule has 1 unspecified atom stereocenters. The van der Waals surface area contributed by atoms with E-state index < -0.39 is 0 Å². The Morgan fingerprint density at radius 2 is 1.56 bits per heavy atom. The lowest BCUT2D eigenvalue weighted by Gasteiger charge is -2.20. The van der Waals surface area contributed by atoms with E-state index in [0.29, 0.717) is 5.92 Å². The van der Waals surface area contributed by atoms with E-state index in [1.54, 1.807) is 5.56 Å². The summed E-state index contributed by atoms with van der Waals surface area (Å²) >= 11 is 0. The molecule has 0 spiro atoms. The molecule has 0 nitrogen and oxygen atoms in total. The molecular formula is C16H24. The smallest absolute Gasteiger partial charge is 0.0150 e. The second-order valence-electron chi connectivity index (χ2n) is 4.88. The summed E-state index contributed by atoms with van der Waals surface area (Å²) in [4.78, 5) is 0. The van der Waals surface area contributed by atoms with Crippen molar-refractivity contribution in [2.75, 3.05) is 0 Å². The Kier molecular flexibility index (Phi) is 4.35. The first-order valence-electron chi connectivity index (χ1n) is 6.17. The second kappa shape index (κ2) is 5.34. The van der Waals surface area contributed by atoms with E-state index in [9.17, 15) is 0 Å². The van der Waals surface area contributed by atoms with Crippen LogP contribution in [-0.2, 0) is 0 Å². The molecule has 1 aromatic rings. The first-order chi connectivity index (χ1) is 7.49. The summed E-state index contributed by atoms with van der Waals surface area (Å²) in [5.74, 6) is 0.620. The number of aryl methyl sites for hydroxylation is 2. The lowest BCUT2D eigenvalue weighted by molar-refractivity contribution is 0.762. The van der Waals surface area contributed by atoms with Crippen molar-refractivity contribution in [1.29, 1.82) is 0 Å². The van der Waals surface area contributed by atoms with E-state index in [1.807, 2.05) is 0 Å². The molecule has 0 aromatic heterocycles. The lowest BCUT2D eigenvalue weighted by Crippen LogP contribution is -2.03. The minimum absolute atomic E-state index is 0.620. The van der Waals surface area contributed by atoms with Crippen LogP contribution >= 0.6 is 0 Å². The predicted octanol–water partition coefficient (Wildman–Crippen LogP) is 4.99. The third-order valence-electron chi connectivity index (χ3n) is 3.64. The molecule has 0 bridgehead atoms. The highest BCUT2D eigenvalue weighted by Crippen LogP contribution is 2.30. The molecule has 0 heterocycles. The molecular weight excluding hydrogens is 192 g/mol. The first kappa shape index (κ1) is 13.0. The van der Waals surface area contributed by atoms with Gasteiger partial charge in [0.15, 0.2) is 0 Å². The zero-order valence-corrected chi connectivity index (χ0v) is 11.5. The molecule has 0 N–H and O–H groups in total. The standard InChI is InChI=1S/C16H24/c1-7-8-9-11(2)16-14(5)12(3)10-13(4)15(16)6/h7-8,10-11H,9H2,1-6H3/b8-7-. The number of rotatable bonds is 3. The van der Waals surface area contributed by atoms with E-state index in [-0.39, 0.29) is 0 Å². The van der Waals surface area contributed by atoms with Gasteiger partial charge in [0.25, 0.3) is 0 Å². The Morgan fingerprint density at radius 3 is 2.00 bits per heavy atom. The molecule has 0 radical (unpaired) electrons. The van der Waals surface area contributed by atoms with Crippen molar-refractivity contribution in [3.63, 3.8) is 0 Å². The van der Waals surface area contributed by atoms with Gasteiger partial charge in [0, 0.05) is 0 Å². The van der Waals surface area contributed by atoms with Gasteiger partial charge in [0.05, 0.1) is 0 Å². The number of hydrogen-bond acceptors (Lipinski definition) is 0.